The highest BCUT2D eigenvalue weighted by Crippen LogP contribution is 2.40. The van der Waals surface area contributed by atoms with E-state index in [1.165, 1.54) is 4.90 Å². The maximum absolute atomic E-state index is 13.2. The fourth-order valence-electron chi connectivity index (χ4n) is 4.25. The number of aliphatic hydroxyl groups is 1. The van der Waals surface area contributed by atoms with Gasteiger partial charge in [-0.25, -0.2) is 4.79 Å². The second-order valence-corrected chi connectivity index (χ2v) is 9.44. The van der Waals surface area contributed by atoms with E-state index in [0.717, 1.165) is 11.1 Å². The van der Waals surface area contributed by atoms with E-state index < -0.39 is 23.7 Å². The average Bonchev–Trinajstić information content (AvgIpc) is 3.08. The largest absolute Gasteiger partial charge is 0.507 e. The number of ketones is 1. The molecular formula is C29H26ClNO5. The van der Waals surface area contributed by atoms with Gasteiger partial charge in [0.25, 0.3) is 11.7 Å². The lowest BCUT2D eigenvalue weighted by molar-refractivity contribution is -0.140. The first-order valence-corrected chi connectivity index (χ1v) is 11.9. The van der Waals surface area contributed by atoms with Crippen LogP contribution >= 0.6 is 11.6 Å². The lowest BCUT2D eigenvalue weighted by atomic mass is 9.94. The molecule has 0 aromatic heterocycles. The summed E-state index contributed by atoms with van der Waals surface area (Å²) in [6, 6.07) is 19.9. The van der Waals surface area contributed by atoms with Gasteiger partial charge in [0.1, 0.15) is 5.76 Å². The third-order valence-electron chi connectivity index (χ3n) is 5.88. The number of hydrogen-bond donors (Lipinski definition) is 1. The van der Waals surface area contributed by atoms with Crippen molar-refractivity contribution in [3.8, 4) is 0 Å². The van der Waals surface area contributed by atoms with Crippen LogP contribution in [0.4, 0.5) is 0 Å². The van der Waals surface area contributed by atoms with Crippen LogP contribution in [0.25, 0.3) is 5.76 Å². The number of nitrogens with zero attached hydrogens (tertiary/aromatic N) is 1. The van der Waals surface area contributed by atoms with Crippen molar-refractivity contribution in [1.82, 2.24) is 4.90 Å². The van der Waals surface area contributed by atoms with Crippen LogP contribution in [0.1, 0.15) is 52.5 Å². The maximum Gasteiger partial charge on any atom is 0.338 e. The summed E-state index contributed by atoms with van der Waals surface area (Å²) in [5.74, 6) is -2.19. The summed E-state index contributed by atoms with van der Waals surface area (Å²) in [5.41, 5.74) is 3.13. The minimum atomic E-state index is -0.797. The first kappa shape index (κ1) is 25.2. The molecule has 1 aliphatic rings. The molecule has 184 valence electrons. The number of aryl methyl sites for hydroxylation is 1. The average molecular weight is 504 g/mol. The normalized spacial score (nSPS) is 17.0. The third kappa shape index (κ3) is 5.19. The number of hydrogen-bond acceptors (Lipinski definition) is 5. The van der Waals surface area contributed by atoms with Gasteiger partial charge in [-0.05, 0) is 56.2 Å². The highest BCUT2D eigenvalue weighted by Gasteiger charge is 2.46. The van der Waals surface area contributed by atoms with Gasteiger partial charge in [0.2, 0.25) is 0 Å². The van der Waals surface area contributed by atoms with Crippen molar-refractivity contribution in [3.05, 3.63) is 111 Å². The van der Waals surface area contributed by atoms with Gasteiger partial charge < -0.3 is 14.7 Å². The van der Waals surface area contributed by atoms with Gasteiger partial charge >= 0.3 is 5.97 Å². The number of amides is 1. The fraction of sp³-hybridized carbons (Fsp3) is 0.207. The summed E-state index contributed by atoms with van der Waals surface area (Å²) >= 11 is 6.10. The molecule has 1 heterocycles. The summed E-state index contributed by atoms with van der Waals surface area (Å²) in [4.78, 5) is 40.1. The second kappa shape index (κ2) is 10.4. The van der Waals surface area contributed by atoms with Crippen LogP contribution in [0.2, 0.25) is 5.02 Å². The molecule has 1 fully saturated rings. The number of rotatable bonds is 6. The van der Waals surface area contributed by atoms with Crippen LogP contribution < -0.4 is 0 Å². The van der Waals surface area contributed by atoms with E-state index in [1.54, 1.807) is 62.4 Å². The SMILES string of the molecule is Cc1cccc(C2/C(=C(\O)c3cccc(Cl)c3)C(=O)C(=O)N2Cc2ccc(C(=O)OC(C)C)cc2)c1. The summed E-state index contributed by atoms with van der Waals surface area (Å²) in [6.07, 6.45) is -0.238. The minimum absolute atomic E-state index is 0.00463. The quantitative estimate of drug-likeness (QED) is 0.198. The van der Waals surface area contributed by atoms with Gasteiger partial charge in [-0.3, -0.25) is 9.59 Å². The summed E-state index contributed by atoms with van der Waals surface area (Å²) < 4.78 is 5.23. The lowest BCUT2D eigenvalue weighted by Gasteiger charge is -2.26. The van der Waals surface area contributed by atoms with E-state index in [0.29, 0.717) is 21.7 Å². The minimum Gasteiger partial charge on any atom is -0.507 e. The molecule has 1 atom stereocenters. The van der Waals surface area contributed by atoms with Crippen molar-refractivity contribution in [3.63, 3.8) is 0 Å². The molecule has 1 N–H and O–H groups in total. The Morgan fingerprint density at radius 3 is 2.33 bits per heavy atom. The molecule has 0 saturated carbocycles. The molecule has 4 rings (SSSR count). The Bertz CT molecular complexity index is 1360. The maximum atomic E-state index is 13.2. The molecule has 0 aliphatic carbocycles. The Labute approximate surface area is 214 Å². The number of ether oxygens (including phenoxy) is 1. The first-order chi connectivity index (χ1) is 17.2. The molecule has 36 heavy (non-hydrogen) atoms. The highest BCUT2D eigenvalue weighted by atomic mass is 35.5. The number of benzene rings is 3. The Morgan fingerprint density at radius 1 is 1.00 bits per heavy atom. The Morgan fingerprint density at radius 2 is 1.69 bits per heavy atom. The smallest absolute Gasteiger partial charge is 0.338 e. The zero-order valence-corrected chi connectivity index (χ0v) is 21.0. The molecule has 3 aromatic carbocycles. The van der Waals surface area contributed by atoms with Crippen LogP contribution in [0.15, 0.2) is 78.4 Å². The lowest BCUT2D eigenvalue weighted by Crippen LogP contribution is -2.29. The molecule has 3 aromatic rings. The molecule has 6 nitrogen and oxygen atoms in total. The number of esters is 1. The molecule has 1 unspecified atom stereocenters. The van der Waals surface area contributed by atoms with Crippen molar-refractivity contribution >= 4 is 35.0 Å². The van der Waals surface area contributed by atoms with Crippen LogP contribution in [0.3, 0.4) is 0 Å². The number of likely N-dealkylation sites (tertiary alicyclic amines) is 1. The number of halogens is 1. The topological polar surface area (TPSA) is 83.9 Å². The van der Waals surface area contributed by atoms with Crippen molar-refractivity contribution in [2.75, 3.05) is 0 Å². The second-order valence-electron chi connectivity index (χ2n) is 9.00. The van der Waals surface area contributed by atoms with Crippen molar-refractivity contribution in [1.29, 1.82) is 0 Å². The number of carbonyl (C=O) groups is 3. The van der Waals surface area contributed by atoms with E-state index in [1.807, 2.05) is 31.2 Å². The van der Waals surface area contributed by atoms with Crippen LogP contribution in [-0.2, 0) is 20.9 Å². The van der Waals surface area contributed by atoms with Gasteiger partial charge in [0.15, 0.2) is 0 Å². The standard InChI is InChI=1S/C29H26ClNO5/c1-17(2)36-29(35)20-12-10-19(11-13-20)16-31-25(21-7-4-6-18(3)14-21)24(27(33)28(31)34)26(32)22-8-5-9-23(30)15-22/h4-15,17,25,32H,16H2,1-3H3/b26-24+. The van der Waals surface area contributed by atoms with Crippen LogP contribution in [0.5, 0.6) is 0 Å². The third-order valence-corrected chi connectivity index (χ3v) is 6.12. The summed E-state index contributed by atoms with van der Waals surface area (Å²) in [7, 11) is 0. The van der Waals surface area contributed by atoms with Crippen LogP contribution in [-0.4, -0.2) is 33.8 Å². The van der Waals surface area contributed by atoms with Gasteiger partial charge in [-0.2, -0.15) is 0 Å². The molecule has 0 radical (unpaired) electrons. The molecular weight excluding hydrogens is 478 g/mol. The van der Waals surface area contributed by atoms with Crippen molar-refractivity contribution < 1.29 is 24.2 Å². The van der Waals surface area contributed by atoms with E-state index >= 15 is 0 Å². The Hall–Kier alpha value is -3.90. The highest BCUT2D eigenvalue weighted by molar-refractivity contribution is 6.46. The summed E-state index contributed by atoms with van der Waals surface area (Å²) in [5, 5.41) is 11.6. The zero-order valence-electron chi connectivity index (χ0n) is 20.2. The van der Waals surface area contributed by atoms with E-state index in [9.17, 15) is 19.5 Å². The molecule has 1 saturated heterocycles. The molecule has 7 heteroatoms. The van der Waals surface area contributed by atoms with E-state index in [4.69, 9.17) is 16.3 Å². The van der Waals surface area contributed by atoms with Crippen molar-refractivity contribution in [2.24, 2.45) is 0 Å². The first-order valence-electron chi connectivity index (χ1n) is 11.6. The Kier molecular flexibility index (Phi) is 7.27. The van der Waals surface area contributed by atoms with Gasteiger partial charge in [-0.1, -0.05) is 65.7 Å². The molecule has 1 aliphatic heterocycles. The van der Waals surface area contributed by atoms with Gasteiger partial charge in [-0.15, -0.1) is 0 Å². The number of carbonyl (C=O) groups excluding carboxylic acids is 3. The van der Waals surface area contributed by atoms with E-state index in [-0.39, 0.29) is 24.0 Å². The predicted octanol–water partition coefficient (Wildman–Crippen LogP) is 5.84. The number of Topliss-reactive ketones (excluding diaryl/α,β-unsaturated/α-hetero) is 1. The number of aliphatic hydroxyl groups excluding tert-OH is 1. The summed E-state index contributed by atoms with van der Waals surface area (Å²) in [6.45, 7) is 5.58. The molecule has 1 amide bonds. The van der Waals surface area contributed by atoms with Crippen LogP contribution in [0, 0.1) is 6.92 Å². The van der Waals surface area contributed by atoms with Crippen molar-refractivity contribution in [2.45, 2.75) is 39.5 Å². The molecule has 0 bridgehead atoms. The van der Waals surface area contributed by atoms with Gasteiger partial charge in [0, 0.05) is 17.1 Å². The monoisotopic (exact) mass is 503 g/mol. The fourth-order valence-corrected chi connectivity index (χ4v) is 4.44. The van der Waals surface area contributed by atoms with Gasteiger partial charge in [0.05, 0.1) is 23.3 Å². The zero-order chi connectivity index (χ0) is 26.0. The van der Waals surface area contributed by atoms with E-state index in [2.05, 4.69) is 0 Å². The Balaban J connectivity index is 1.75. The predicted molar refractivity (Wildman–Crippen MR) is 137 cm³/mol. The molecule has 0 spiro atoms.